The summed E-state index contributed by atoms with van der Waals surface area (Å²) in [5, 5.41) is 6.07. The highest BCUT2D eigenvalue weighted by Crippen LogP contribution is 2.32. The molecule has 1 heterocycles. The molecule has 3 aromatic rings. The van der Waals surface area contributed by atoms with Gasteiger partial charge in [0.25, 0.3) is 0 Å². The van der Waals surface area contributed by atoms with Crippen LogP contribution in [0.15, 0.2) is 52.7 Å². The zero-order valence-corrected chi connectivity index (χ0v) is 18.6. The van der Waals surface area contributed by atoms with Crippen LogP contribution in [0.25, 0.3) is 11.3 Å². The Kier molecular flexibility index (Phi) is 6.95. The molecule has 29 heavy (non-hydrogen) atoms. The first-order chi connectivity index (χ1) is 13.8. The third kappa shape index (κ3) is 5.57. The third-order valence-corrected chi connectivity index (χ3v) is 7.33. The van der Waals surface area contributed by atoms with Crippen molar-refractivity contribution in [1.29, 1.82) is 0 Å². The number of carbonyl (C=O) groups is 1. The number of nitrogens with one attached hydrogen (secondary N) is 1. The number of amides is 1. The Morgan fingerprint density at radius 3 is 2.55 bits per heavy atom. The van der Waals surface area contributed by atoms with Crippen LogP contribution in [0.5, 0.6) is 0 Å². The van der Waals surface area contributed by atoms with E-state index in [1.54, 1.807) is 35.7 Å². The summed E-state index contributed by atoms with van der Waals surface area (Å²) < 4.78 is 24.1. The molecule has 5 nitrogen and oxygen atoms in total. The van der Waals surface area contributed by atoms with E-state index in [0.29, 0.717) is 38.4 Å². The first kappa shape index (κ1) is 21.8. The molecule has 152 valence electrons. The van der Waals surface area contributed by atoms with Crippen molar-refractivity contribution in [3.8, 4) is 11.3 Å². The fourth-order valence-electron chi connectivity index (χ4n) is 2.70. The van der Waals surface area contributed by atoms with Gasteiger partial charge in [0, 0.05) is 16.0 Å². The highest BCUT2D eigenvalue weighted by molar-refractivity contribution is 7.91. The summed E-state index contributed by atoms with van der Waals surface area (Å²) in [6, 6.07) is 11.5. The number of nitrogens with zero attached hydrogens (tertiary/aromatic N) is 1. The molecular formula is C20H18Cl2N2O3S2. The van der Waals surface area contributed by atoms with E-state index in [9.17, 15) is 13.2 Å². The topological polar surface area (TPSA) is 76.1 Å². The average Bonchev–Trinajstić information content (AvgIpc) is 3.12. The van der Waals surface area contributed by atoms with Gasteiger partial charge in [-0.05, 0) is 42.3 Å². The number of thiazole rings is 1. The molecule has 2 aromatic carbocycles. The van der Waals surface area contributed by atoms with E-state index in [1.807, 2.05) is 6.92 Å². The van der Waals surface area contributed by atoms with Crippen LogP contribution in [0, 0.1) is 0 Å². The van der Waals surface area contributed by atoms with Gasteiger partial charge in [-0.2, -0.15) is 0 Å². The van der Waals surface area contributed by atoms with Crippen molar-refractivity contribution in [2.45, 2.75) is 24.7 Å². The van der Waals surface area contributed by atoms with Gasteiger partial charge < -0.3 is 5.32 Å². The average molecular weight is 469 g/mol. The van der Waals surface area contributed by atoms with E-state index in [1.165, 1.54) is 23.5 Å². The van der Waals surface area contributed by atoms with Gasteiger partial charge >= 0.3 is 0 Å². The fourth-order valence-corrected chi connectivity index (χ4v) is 5.14. The molecule has 0 spiro atoms. The number of anilines is 1. The van der Waals surface area contributed by atoms with Gasteiger partial charge in [0.05, 0.1) is 27.8 Å². The molecule has 3 rings (SSSR count). The molecule has 0 aliphatic heterocycles. The Morgan fingerprint density at radius 2 is 1.86 bits per heavy atom. The lowest BCUT2D eigenvalue weighted by Gasteiger charge is -2.05. The number of halogens is 2. The number of aromatic nitrogens is 1. The monoisotopic (exact) mass is 468 g/mol. The van der Waals surface area contributed by atoms with E-state index in [-0.39, 0.29) is 23.0 Å². The highest BCUT2D eigenvalue weighted by atomic mass is 35.5. The second kappa shape index (κ2) is 9.26. The van der Waals surface area contributed by atoms with Crippen molar-refractivity contribution in [2.75, 3.05) is 11.1 Å². The van der Waals surface area contributed by atoms with Crippen LogP contribution >= 0.6 is 34.5 Å². The molecular weight excluding hydrogens is 451 g/mol. The standard InChI is InChI=1S/C20H18Cl2N2O3S2/c1-2-9-29(26,27)15-6-3-13(4-7-15)10-19(25)24-20-23-18(12-28-20)16-11-14(21)5-8-17(16)22/h3-8,11-12H,2,9-10H2,1H3,(H,23,24,25). The maximum Gasteiger partial charge on any atom is 0.230 e. The summed E-state index contributed by atoms with van der Waals surface area (Å²) in [5.41, 5.74) is 2.04. The van der Waals surface area contributed by atoms with Gasteiger partial charge in [0.15, 0.2) is 15.0 Å². The summed E-state index contributed by atoms with van der Waals surface area (Å²) in [5.74, 6) is -0.136. The smallest absolute Gasteiger partial charge is 0.230 e. The molecule has 1 N–H and O–H groups in total. The predicted octanol–water partition coefficient (Wildman–Crippen LogP) is 5.48. The number of carbonyl (C=O) groups excluding carboxylic acids is 1. The normalized spacial score (nSPS) is 11.4. The number of sulfone groups is 1. The first-order valence-electron chi connectivity index (χ1n) is 8.81. The van der Waals surface area contributed by atoms with Gasteiger partial charge in [-0.25, -0.2) is 13.4 Å². The van der Waals surface area contributed by atoms with E-state index < -0.39 is 9.84 Å². The van der Waals surface area contributed by atoms with Gasteiger partial charge in [0.2, 0.25) is 5.91 Å². The van der Waals surface area contributed by atoms with Crippen LogP contribution in [0.3, 0.4) is 0 Å². The molecule has 0 aliphatic rings. The molecule has 0 aliphatic carbocycles. The second-order valence-corrected chi connectivity index (χ2v) is 10.2. The van der Waals surface area contributed by atoms with Gasteiger partial charge in [0.1, 0.15) is 0 Å². The fraction of sp³-hybridized carbons (Fsp3) is 0.200. The summed E-state index contributed by atoms with van der Waals surface area (Å²) >= 11 is 13.5. The van der Waals surface area contributed by atoms with Crippen molar-refractivity contribution in [1.82, 2.24) is 4.98 Å². The lowest BCUT2D eigenvalue weighted by Crippen LogP contribution is -2.14. The van der Waals surface area contributed by atoms with Gasteiger partial charge in [-0.3, -0.25) is 4.79 Å². The zero-order chi connectivity index (χ0) is 21.0. The maximum absolute atomic E-state index is 12.3. The van der Waals surface area contributed by atoms with Crippen LogP contribution in [-0.4, -0.2) is 25.1 Å². The van der Waals surface area contributed by atoms with Crippen LogP contribution in [0.4, 0.5) is 5.13 Å². The summed E-state index contributed by atoms with van der Waals surface area (Å²) in [4.78, 5) is 17.0. The Balaban J connectivity index is 1.66. The molecule has 0 unspecified atom stereocenters. The number of hydrogen-bond donors (Lipinski definition) is 1. The maximum atomic E-state index is 12.3. The molecule has 0 saturated carbocycles. The predicted molar refractivity (Wildman–Crippen MR) is 119 cm³/mol. The Bertz CT molecular complexity index is 1130. The molecule has 0 radical (unpaired) electrons. The second-order valence-electron chi connectivity index (χ2n) is 6.35. The molecule has 0 atom stereocenters. The highest BCUT2D eigenvalue weighted by Gasteiger charge is 2.14. The van der Waals surface area contributed by atoms with E-state index >= 15 is 0 Å². The van der Waals surface area contributed by atoms with Gasteiger partial charge in [-0.15, -0.1) is 11.3 Å². The van der Waals surface area contributed by atoms with E-state index in [2.05, 4.69) is 10.3 Å². The van der Waals surface area contributed by atoms with Gasteiger partial charge in [-0.1, -0.05) is 42.3 Å². The summed E-state index contributed by atoms with van der Waals surface area (Å²) in [6.07, 6.45) is 0.670. The minimum Gasteiger partial charge on any atom is -0.302 e. The molecule has 1 amide bonds. The summed E-state index contributed by atoms with van der Waals surface area (Å²) in [6.45, 7) is 1.82. The lowest BCUT2D eigenvalue weighted by molar-refractivity contribution is -0.115. The lowest BCUT2D eigenvalue weighted by atomic mass is 10.1. The molecule has 9 heteroatoms. The zero-order valence-electron chi connectivity index (χ0n) is 15.5. The SMILES string of the molecule is CCCS(=O)(=O)c1ccc(CC(=O)Nc2nc(-c3cc(Cl)ccc3Cl)cs2)cc1. The molecule has 1 aromatic heterocycles. The number of benzene rings is 2. The Hall–Kier alpha value is -1.93. The third-order valence-electron chi connectivity index (χ3n) is 4.07. The van der Waals surface area contributed by atoms with Crippen molar-refractivity contribution >= 4 is 55.4 Å². The van der Waals surface area contributed by atoms with E-state index in [4.69, 9.17) is 23.2 Å². The van der Waals surface area contributed by atoms with E-state index in [0.717, 1.165) is 0 Å². The quantitative estimate of drug-likeness (QED) is 0.497. The van der Waals surface area contributed by atoms with Crippen LogP contribution < -0.4 is 5.32 Å². The first-order valence-corrected chi connectivity index (χ1v) is 12.1. The molecule has 0 saturated heterocycles. The van der Waals surface area contributed by atoms with Crippen molar-refractivity contribution in [2.24, 2.45) is 0 Å². The van der Waals surface area contributed by atoms with Crippen molar-refractivity contribution in [3.63, 3.8) is 0 Å². The number of hydrogen-bond acceptors (Lipinski definition) is 5. The van der Waals surface area contributed by atoms with Crippen molar-refractivity contribution < 1.29 is 13.2 Å². The van der Waals surface area contributed by atoms with Crippen LogP contribution in [-0.2, 0) is 21.1 Å². The minimum absolute atomic E-state index is 0.107. The minimum atomic E-state index is -3.26. The summed E-state index contributed by atoms with van der Waals surface area (Å²) in [7, 11) is -3.26. The van der Waals surface area contributed by atoms with Crippen LogP contribution in [0.1, 0.15) is 18.9 Å². The molecule has 0 bridgehead atoms. The van der Waals surface area contributed by atoms with Crippen LogP contribution in [0.2, 0.25) is 10.0 Å². The van der Waals surface area contributed by atoms with Crippen molar-refractivity contribution in [3.05, 3.63) is 63.5 Å². The molecule has 0 fully saturated rings. The Labute approximate surface area is 183 Å². The Morgan fingerprint density at radius 1 is 1.14 bits per heavy atom. The largest absolute Gasteiger partial charge is 0.302 e. The number of rotatable bonds is 7.